The standard InChI is InChI=1S/C10H21O3P/c1-8(2)13-14(6,12)7-10(4,5)9(3)11/h8H,7H2,1-6H3. The first-order valence-electron chi connectivity index (χ1n) is 4.83. The van der Waals surface area contributed by atoms with E-state index < -0.39 is 12.8 Å². The topological polar surface area (TPSA) is 43.4 Å². The van der Waals surface area contributed by atoms with Gasteiger partial charge in [-0.3, -0.25) is 9.36 Å². The van der Waals surface area contributed by atoms with E-state index in [0.717, 1.165) is 0 Å². The number of hydrogen-bond donors (Lipinski definition) is 0. The van der Waals surface area contributed by atoms with E-state index in [1.54, 1.807) is 20.5 Å². The van der Waals surface area contributed by atoms with Crippen molar-refractivity contribution in [3.63, 3.8) is 0 Å². The molecule has 0 aliphatic heterocycles. The summed E-state index contributed by atoms with van der Waals surface area (Å²) < 4.78 is 17.3. The van der Waals surface area contributed by atoms with Gasteiger partial charge in [0.05, 0.1) is 6.10 Å². The Labute approximate surface area is 86.7 Å². The van der Waals surface area contributed by atoms with Gasteiger partial charge in [-0.05, 0) is 20.8 Å². The van der Waals surface area contributed by atoms with Crippen LogP contribution in [0, 0.1) is 5.41 Å². The minimum absolute atomic E-state index is 0.0481. The van der Waals surface area contributed by atoms with Crippen LogP contribution in [0.4, 0.5) is 0 Å². The van der Waals surface area contributed by atoms with E-state index in [1.807, 2.05) is 13.8 Å². The lowest BCUT2D eigenvalue weighted by Gasteiger charge is -2.26. The van der Waals surface area contributed by atoms with Gasteiger partial charge in [0.25, 0.3) is 0 Å². The molecule has 0 aromatic rings. The molecule has 0 aliphatic rings. The summed E-state index contributed by atoms with van der Waals surface area (Å²) in [6.07, 6.45) is 0.252. The molecule has 14 heavy (non-hydrogen) atoms. The summed E-state index contributed by atoms with van der Waals surface area (Å²) in [5.41, 5.74) is -0.556. The third-order valence-corrected chi connectivity index (χ3v) is 4.30. The molecule has 3 nitrogen and oxygen atoms in total. The number of carbonyl (C=O) groups is 1. The van der Waals surface area contributed by atoms with Crippen molar-refractivity contribution < 1.29 is 13.9 Å². The summed E-state index contributed by atoms with van der Waals surface area (Å²) >= 11 is 0. The minimum Gasteiger partial charge on any atom is -0.326 e. The lowest BCUT2D eigenvalue weighted by atomic mass is 9.92. The monoisotopic (exact) mass is 220 g/mol. The van der Waals surface area contributed by atoms with Crippen molar-refractivity contribution in [3.05, 3.63) is 0 Å². The highest BCUT2D eigenvalue weighted by molar-refractivity contribution is 7.58. The van der Waals surface area contributed by atoms with Crippen molar-refractivity contribution >= 4 is 13.2 Å². The molecule has 0 aromatic heterocycles. The van der Waals surface area contributed by atoms with E-state index in [4.69, 9.17) is 4.52 Å². The molecule has 1 atom stereocenters. The van der Waals surface area contributed by atoms with E-state index in [0.29, 0.717) is 6.16 Å². The molecule has 0 bridgehead atoms. The van der Waals surface area contributed by atoms with Crippen LogP contribution < -0.4 is 0 Å². The second-order valence-corrected chi connectivity index (χ2v) is 7.32. The molecule has 0 saturated carbocycles. The van der Waals surface area contributed by atoms with Gasteiger partial charge >= 0.3 is 0 Å². The Morgan fingerprint density at radius 2 is 1.86 bits per heavy atom. The molecule has 0 heterocycles. The molecule has 84 valence electrons. The van der Waals surface area contributed by atoms with Gasteiger partial charge in [0, 0.05) is 18.2 Å². The minimum atomic E-state index is -2.64. The number of rotatable bonds is 5. The van der Waals surface area contributed by atoms with Gasteiger partial charge in [-0.2, -0.15) is 0 Å². The smallest absolute Gasteiger partial charge is 0.201 e. The Kier molecular flexibility index (Phi) is 4.54. The van der Waals surface area contributed by atoms with Gasteiger partial charge in [-0.15, -0.1) is 0 Å². The molecule has 0 fully saturated rings. The molecule has 4 heteroatoms. The van der Waals surface area contributed by atoms with Crippen LogP contribution in [0.15, 0.2) is 0 Å². The van der Waals surface area contributed by atoms with Crippen LogP contribution in [-0.2, 0) is 13.9 Å². The fourth-order valence-corrected chi connectivity index (χ4v) is 3.94. The molecular formula is C10H21O3P. The second-order valence-electron chi connectivity index (χ2n) is 4.77. The van der Waals surface area contributed by atoms with E-state index in [2.05, 4.69) is 0 Å². The third-order valence-electron chi connectivity index (χ3n) is 2.07. The van der Waals surface area contributed by atoms with Crippen LogP contribution >= 0.6 is 7.37 Å². The summed E-state index contributed by atoms with van der Waals surface area (Å²) in [5, 5.41) is 0. The molecule has 0 spiro atoms. The number of Topliss-reactive ketones (excluding diaryl/α,β-unsaturated/α-hetero) is 1. The van der Waals surface area contributed by atoms with Crippen molar-refractivity contribution in [1.82, 2.24) is 0 Å². The summed E-state index contributed by atoms with van der Waals surface area (Å²) in [6, 6.07) is 0. The molecular weight excluding hydrogens is 199 g/mol. The maximum Gasteiger partial charge on any atom is 0.201 e. The first-order chi connectivity index (χ1) is 6.07. The van der Waals surface area contributed by atoms with Gasteiger partial charge < -0.3 is 4.52 Å². The maximum absolute atomic E-state index is 12.0. The average molecular weight is 220 g/mol. The van der Waals surface area contributed by atoms with Gasteiger partial charge in [0.15, 0.2) is 0 Å². The van der Waals surface area contributed by atoms with Crippen molar-refractivity contribution in [3.8, 4) is 0 Å². The first kappa shape index (κ1) is 13.9. The zero-order valence-electron chi connectivity index (χ0n) is 9.96. The second kappa shape index (κ2) is 4.59. The Morgan fingerprint density at radius 1 is 1.43 bits per heavy atom. The lowest BCUT2D eigenvalue weighted by molar-refractivity contribution is -0.123. The molecule has 0 aliphatic carbocycles. The van der Waals surface area contributed by atoms with Crippen molar-refractivity contribution in [2.75, 3.05) is 12.8 Å². The number of carbonyl (C=O) groups excluding carboxylic acids is 1. The van der Waals surface area contributed by atoms with Crippen molar-refractivity contribution in [2.24, 2.45) is 5.41 Å². The lowest BCUT2D eigenvalue weighted by Crippen LogP contribution is -2.26. The molecule has 0 N–H and O–H groups in total. The highest BCUT2D eigenvalue weighted by Crippen LogP contribution is 2.48. The third kappa shape index (κ3) is 4.92. The Bertz CT molecular complexity index is 256. The summed E-state index contributed by atoms with van der Waals surface area (Å²) in [6.45, 7) is 10.4. The van der Waals surface area contributed by atoms with Crippen LogP contribution in [0.5, 0.6) is 0 Å². The van der Waals surface area contributed by atoms with Crippen LogP contribution in [0.3, 0.4) is 0 Å². The average Bonchev–Trinajstić information content (AvgIpc) is 1.79. The van der Waals surface area contributed by atoms with Crippen LogP contribution in [0.25, 0.3) is 0 Å². The van der Waals surface area contributed by atoms with E-state index in [-0.39, 0.29) is 11.9 Å². The van der Waals surface area contributed by atoms with Crippen molar-refractivity contribution in [2.45, 2.75) is 40.7 Å². The van der Waals surface area contributed by atoms with E-state index in [9.17, 15) is 9.36 Å². The Hall–Kier alpha value is -0.140. The summed E-state index contributed by atoms with van der Waals surface area (Å²) in [5.74, 6) is 0.0481. The van der Waals surface area contributed by atoms with E-state index >= 15 is 0 Å². The Morgan fingerprint density at radius 3 is 2.14 bits per heavy atom. The quantitative estimate of drug-likeness (QED) is 0.669. The van der Waals surface area contributed by atoms with Crippen LogP contribution in [0.1, 0.15) is 34.6 Å². The highest BCUT2D eigenvalue weighted by Gasteiger charge is 2.32. The maximum atomic E-state index is 12.0. The number of hydrogen-bond acceptors (Lipinski definition) is 3. The normalized spacial score (nSPS) is 16.8. The highest BCUT2D eigenvalue weighted by atomic mass is 31.2. The van der Waals surface area contributed by atoms with Crippen LogP contribution in [0.2, 0.25) is 0 Å². The van der Waals surface area contributed by atoms with Gasteiger partial charge in [0.1, 0.15) is 5.78 Å². The predicted octanol–water partition coefficient (Wildman–Crippen LogP) is 2.93. The molecule has 0 aromatic carbocycles. The zero-order chi connectivity index (χ0) is 11.6. The fourth-order valence-electron chi connectivity index (χ4n) is 1.31. The summed E-state index contributed by atoms with van der Waals surface area (Å²) in [4.78, 5) is 11.3. The Balaban J connectivity index is 4.51. The molecule has 1 unspecified atom stereocenters. The molecule has 0 rings (SSSR count). The molecule has 0 saturated heterocycles. The molecule has 0 amide bonds. The van der Waals surface area contributed by atoms with Gasteiger partial charge in [-0.1, -0.05) is 13.8 Å². The van der Waals surface area contributed by atoms with Crippen LogP contribution in [-0.4, -0.2) is 24.7 Å². The first-order valence-corrected chi connectivity index (χ1v) is 7.08. The summed E-state index contributed by atoms with van der Waals surface area (Å²) in [7, 11) is -2.64. The fraction of sp³-hybridized carbons (Fsp3) is 0.900. The van der Waals surface area contributed by atoms with Gasteiger partial charge in [-0.25, -0.2) is 0 Å². The zero-order valence-corrected chi connectivity index (χ0v) is 10.9. The number of ketones is 1. The van der Waals surface area contributed by atoms with Gasteiger partial charge in [0.2, 0.25) is 7.37 Å². The molecule has 0 radical (unpaired) electrons. The largest absolute Gasteiger partial charge is 0.326 e. The van der Waals surface area contributed by atoms with E-state index in [1.165, 1.54) is 6.92 Å². The van der Waals surface area contributed by atoms with Crippen molar-refractivity contribution in [1.29, 1.82) is 0 Å². The SMILES string of the molecule is CC(=O)C(C)(C)CP(C)(=O)OC(C)C. The predicted molar refractivity (Wildman–Crippen MR) is 59.1 cm³/mol.